The molecule has 0 saturated heterocycles. The van der Waals surface area contributed by atoms with Crippen LogP contribution in [0.25, 0.3) is 38.8 Å². The lowest BCUT2D eigenvalue weighted by Gasteiger charge is -2.09. The Balaban J connectivity index is 1.77. The van der Waals surface area contributed by atoms with E-state index in [2.05, 4.69) is 70.6 Å². The molecular formula is C24H23N3O. The molecule has 2 heterocycles. The molecule has 5 aromatic rings. The van der Waals surface area contributed by atoms with Gasteiger partial charge in [0.15, 0.2) is 0 Å². The summed E-state index contributed by atoms with van der Waals surface area (Å²) in [6.45, 7) is 3.18. The van der Waals surface area contributed by atoms with Crippen molar-refractivity contribution in [2.75, 3.05) is 7.11 Å². The third-order valence-electron chi connectivity index (χ3n) is 5.47. The van der Waals surface area contributed by atoms with Crippen LogP contribution in [0.5, 0.6) is 5.75 Å². The van der Waals surface area contributed by atoms with Crippen molar-refractivity contribution in [1.82, 2.24) is 14.0 Å². The van der Waals surface area contributed by atoms with Crippen molar-refractivity contribution < 1.29 is 4.74 Å². The van der Waals surface area contributed by atoms with Gasteiger partial charge in [-0.1, -0.05) is 43.7 Å². The second-order valence-electron chi connectivity index (χ2n) is 7.18. The van der Waals surface area contributed by atoms with Gasteiger partial charge in [-0.15, -0.1) is 0 Å². The predicted octanol–water partition coefficient (Wildman–Crippen LogP) is 5.92. The summed E-state index contributed by atoms with van der Waals surface area (Å²) in [5.74, 6) is 1.88. The molecule has 4 nitrogen and oxygen atoms in total. The lowest BCUT2D eigenvalue weighted by molar-refractivity contribution is 0.415. The van der Waals surface area contributed by atoms with E-state index in [1.807, 2.05) is 12.1 Å². The SMILES string of the molecule is CCCCn1c(-c2ccc(OC)cc2)cn2c3ccc4ccccc4c3nc12. The Morgan fingerprint density at radius 2 is 1.79 bits per heavy atom. The normalized spacial score (nSPS) is 11.6. The molecule has 0 amide bonds. The quantitative estimate of drug-likeness (QED) is 0.385. The molecule has 4 heteroatoms. The monoisotopic (exact) mass is 369 g/mol. The lowest BCUT2D eigenvalue weighted by atomic mass is 10.1. The van der Waals surface area contributed by atoms with Crippen LogP contribution in [0.1, 0.15) is 19.8 Å². The van der Waals surface area contributed by atoms with Gasteiger partial charge in [-0.3, -0.25) is 4.40 Å². The molecular weight excluding hydrogens is 346 g/mol. The van der Waals surface area contributed by atoms with E-state index in [9.17, 15) is 0 Å². The zero-order valence-electron chi connectivity index (χ0n) is 16.2. The number of imidazole rings is 2. The van der Waals surface area contributed by atoms with Gasteiger partial charge in [0, 0.05) is 23.7 Å². The highest BCUT2D eigenvalue weighted by Crippen LogP contribution is 2.31. The number of rotatable bonds is 5. The Labute approximate surface area is 164 Å². The summed E-state index contributed by atoms with van der Waals surface area (Å²) in [5, 5.41) is 2.43. The molecule has 0 unspecified atom stereocenters. The van der Waals surface area contributed by atoms with E-state index in [-0.39, 0.29) is 0 Å². The van der Waals surface area contributed by atoms with Gasteiger partial charge in [-0.2, -0.15) is 0 Å². The number of hydrogen-bond acceptors (Lipinski definition) is 2. The maximum atomic E-state index is 5.32. The zero-order valence-corrected chi connectivity index (χ0v) is 16.2. The number of hydrogen-bond donors (Lipinski definition) is 0. The van der Waals surface area contributed by atoms with Crippen molar-refractivity contribution in [2.45, 2.75) is 26.3 Å². The summed E-state index contributed by atoms with van der Waals surface area (Å²) in [5.41, 5.74) is 4.59. The Morgan fingerprint density at radius 3 is 2.57 bits per heavy atom. The van der Waals surface area contributed by atoms with Gasteiger partial charge in [-0.05, 0) is 42.1 Å². The molecule has 0 bridgehead atoms. The van der Waals surface area contributed by atoms with Crippen molar-refractivity contribution in [2.24, 2.45) is 0 Å². The van der Waals surface area contributed by atoms with Crippen molar-refractivity contribution in [3.63, 3.8) is 0 Å². The first-order valence-corrected chi connectivity index (χ1v) is 9.83. The second kappa shape index (κ2) is 6.71. The van der Waals surface area contributed by atoms with E-state index in [0.717, 1.165) is 41.9 Å². The molecule has 0 aliphatic carbocycles. The van der Waals surface area contributed by atoms with Gasteiger partial charge >= 0.3 is 0 Å². The summed E-state index contributed by atoms with van der Waals surface area (Å²) in [6.07, 6.45) is 4.49. The minimum Gasteiger partial charge on any atom is -0.497 e. The fraction of sp³-hybridized carbons (Fsp3) is 0.208. The molecule has 3 aromatic carbocycles. The first-order valence-electron chi connectivity index (χ1n) is 9.83. The fourth-order valence-electron chi connectivity index (χ4n) is 3.96. The Hall–Kier alpha value is -3.27. The average Bonchev–Trinajstić information content (AvgIpc) is 3.28. The Kier molecular flexibility index (Phi) is 4.05. The van der Waals surface area contributed by atoms with Crippen LogP contribution in [0.4, 0.5) is 0 Å². The highest BCUT2D eigenvalue weighted by molar-refractivity contribution is 6.05. The van der Waals surface area contributed by atoms with E-state index in [4.69, 9.17) is 9.72 Å². The number of aryl methyl sites for hydroxylation is 1. The molecule has 0 aliphatic rings. The van der Waals surface area contributed by atoms with E-state index in [1.54, 1.807) is 7.11 Å². The van der Waals surface area contributed by atoms with E-state index >= 15 is 0 Å². The highest BCUT2D eigenvalue weighted by atomic mass is 16.5. The van der Waals surface area contributed by atoms with Crippen LogP contribution in [-0.2, 0) is 6.54 Å². The standard InChI is InChI=1S/C24H23N3O/c1-3-4-15-26-22(18-9-12-19(28-2)13-10-18)16-27-21-14-11-17-7-5-6-8-20(17)23(21)25-24(26)27/h5-14,16H,3-4,15H2,1-2H3. The molecule has 140 valence electrons. The number of fused-ring (bicyclic) bond motifs is 5. The Morgan fingerprint density at radius 1 is 0.964 bits per heavy atom. The molecule has 2 aromatic heterocycles. The topological polar surface area (TPSA) is 31.5 Å². The van der Waals surface area contributed by atoms with Crippen molar-refractivity contribution in [1.29, 1.82) is 0 Å². The molecule has 0 radical (unpaired) electrons. The molecule has 5 rings (SSSR count). The third kappa shape index (κ3) is 2.56. The summed E-state index contributed by atoms with van der Waals surface area (Å²) in [4.78, 5) is 5.08. The smallest absolute Gasteiger partial charge is 0.215 e. The second-order valence-corrected chi connectivity index (χ2v) is 7.18. The summed E-state index contributed by atoms with van der Waals surface area (Å²) >= 11 is 0. The van der Waals surface area contributed by atoms with Gasteiger partial charge in [0.25, 0.3) is 0 Å². The van der Waals surface area contributed by atoms with Crippen LogP contribution in [0.3, 0.4) is 0 Å². The van der Waals surface area contributed by atoms with Gasteiger partial charge in [-0.25, -0.2) is 4.98 Å². The van der Waals surface area contributed by atoms with Gasteiger partial charge in [0.05, 0.1) is 23.8 Å². The summed E-state index contributed by atoms with van der Waals surface area (Å²) < 4.78 is 9.90. The zero-order chi connectivity index (χ0) is 19.1. The number of unbranched alkanes of at least 4 members (excludes halogenated alkanes) is 1. The number of aromatic nitrogens is 3. The van der Waals surface area contributed by atoms with Crippen molar-refractivity contribution in [3.8, 4) is 17.0 Å². The molecule has 0 atom stereocenters. The number of nitrogens with zero attached hydrogens (tertiary/aromatic N) is 3. The summed E-state index contributed by atoms with van der Waals surface area (Å²) in [7, 11) is 1.70. The highest BCUT2D eigenvalue weighted by Gasteiger charge is 2.16. The average molecular weight is 369 g/mol. The number of benzene rings is 3. The molecule has 28 heavy (non-hydrogen) atoms. The molecule has 0 aliphatic heterocycles. The first-order chi connectivity index (χ1) is 13.8. The molecule has 0 N–H and O–H groups in total. The predicted molar refractivity (Wildman–Crippen MR) is 115 cm³/mol. The maximum Gasteiger partial charge on any atom is 0.215 e. The van der Waals surface area contributed by atoms with Crippen LogP contribution < -0.4 is 4.74 Å². The first kappa shape index (κ1) is 16.9. The van der Waals surface area contributed by atoms with Crippen LogP contribution in [0, 0.1) is 0 Å². The number of methoxy groups -OCH3 is 1. The molecule has 0 saturated carbocycles. The van der Waals surface area contributed by atoms with Crippen LogP contribution >= 0.6 is 0 Å². The van der Waals surface area contributed by atoms with Crippen LogP contribution in [-0.4, -0.2) is 21.1 Å². The Bertz CT molecular complexity index is 1280. The summed E-state index contributed by atoms with van der Waals surface area (Å²) in [6, 6.07) is 21.1. The third-order valence-corrected chi connectivity index (χ3v) is 5.47. The lowest BCUT2D eigenvalue weighted by Crippen LogP contribution is -2.01. The van der Waals surface area contributed by atoms with Gasteiger partial charge in [0.2, 0.25) is 5.78 Å². The van der Waals surface area contributed by atoms with Crippen molar-refractivity contribution >= 4 is 27.6 Å². The van der Waals surface area contributed by atoms with Crippen LogP contribution in [0.2, 0.25) is 0 Å². The fourth-order valence-corrected chi connectivity index (χ4v) is 3.96. The van der Waals surface area contributed by atoms with E-state index < -0.39 is 0 Å². The molecule has 0 spiro atoms. The largest absolute Gasteiger partial charge is 0.497 e. The minimum absolute atomic E-state index is 0.872. The number of ether oxygens (including phenoxy) is 1. The van der Waals surface area contributed by atoms with Gasteiger partial charge in [0.1, 0.15) is 5.75 Å². The van der Waals surface area contributed by atoms with Crippen molar-refractivity contribution in [3.05, 3.63) is 66.9 Å². The van der Waals surface area contributed by atoms with Crippen LogP contribution in [0.15, 0.2) is 66.9 Å². The van der Waals surface area contributed by atoms with Gasteiger partial charge < -0.3 is 9.30 Å². The maximum absolute atomic E-state index is 5.32. The van der Waals surface area contributed by atoms with E-state index in [1.165, 1.54) is 22.0 Å². The minimum atomic E-state index is 0.872. The molecule has 0 fully saturated rings. The van der Waals surface area contributed by atoms with E-state index in [0.29, 0.717) is 0 Å².